The molecule has 3 atom stereocenters. The van der Waals surface area contributed by atoms with Gasteiger partial charge in [0.2, 0.25) is 5.91 Å². The molecule has 4 heteroatoms. The van der Waals surface area contributed by atoms with Gasteiger partial charge in [0, 0.05) is 12.3 Å². The zero-order valence-corrected chi connectivity index (χ0v) is 11.5. The molecule has 1 heterocycles. The molecule has 2 rings (SSSR count). The fourth-order valence-electron chi connectivity index (χ4n) is 3.46. The summed E-state index contributed by atoms with van der Waals surface area (Å²) in [6.07, 6.45) is 3.61. The van der Waals surface area contributed by atoms with Gasteiger partial charge in [0.1, 0.15) is 6.04 Å². The Balaban J connectivity index is 1.94. The highest BCUT2D eigenvalue weighted by Crippen LogP contribution is 2.41. The van der Waals surface area contributed by atoms with Crippen LogP contribution in [0.15, 0.2) is 0 Å². The highest BCUT2D eigenvalue weighted by atomic mass is 16.5. The van der Waals surface area contributed by atoms with Crippen molar-refractivity contribution in [2.75, 3.05) is 6.61 Å². The molecule has 0 aromatic carbocycles. The fraction of sp³-hybridized carbons (Fsp3) is 0.857. The number of esters is 1. The van der Waals surface area contributed by atoms with E-state index < -0.39 is 6.04 Å². The summed E-state index contributed by atoms with van der Waals surface area (Å²) in [5, 5.41) is 2.84. The Bertz CT molecular complexity index is 351. The van der Waals surface area contributed by atoms with E-state index >= 15 is 0 Å². The van der Waals surface area contributed by atoms with Crippen molar-refractivity contribution in [3.05, 3.63) is 0 Å². The molecule has 2 unspecified atom stereocenters. The Morgan fingerprint density at radius 3 is 2.67 bits per heavy atom. The number of amides is 1. The molecular weight excluding hydrogens is 230 g/mol. The summed E-state index contributed by atoms with van der Waals surface area (Å²) in [5.74, 6) is 0.349. The van der Waals surface area contributed by atoms with Crippen LogP contribution < -0.4 is 5.32 Å². The van der Waals surface area contributed by atoms with E-state index in [1.54, 1.807) is 0 Å². The maximum absolute atomic E-state index is 12.2. The van der Waals surface area contributed by atoms with Gasteiger partial charge in [-0.25, -0.2) is 4.79 Å². The van der Waals surface area contributed by atoms with Crippen molar-refractivity contribution >= 4 is 11.9 Å². The number of nitrogens with one attached hydrogen (secondary N) is 1. The van der Waals surface area contributed by atoms with Crippen LogP contribution in [0.2, 0.25) is 0 Å². The quantitative estimate of drug-likeness (QED) is 0.764. The third-order valence-electron chi connectivity index (χ3n) is 4.01. The molecule has 102 valence electrons. The fourth-order valence-corrected chi connectivity index (χ4v) is 3.46. The minimum absolute atomic E-state index is 0.0264. The maximum Gasteiger partial charge on any atom is 0.328 e. The van der Waals surface area contributed by atoms with Gasteiger partial charge in [-0.05, 0) is 30.6 Å². The van der Waals surface area contributed by atoms with Gasteiger partial charge in [-0.2, -0.15) is 0 Å². The predicted molar refractivity (Wildman–Crippen MR) is 67.8 cm³/mol. The number of ether oxygens (including phenoxy) is 1. The summed E-state index contributed by atoms with van der Waals surface area (Å²) < 4.78 is 4.86. The number of hydrogen-bond donors (Lipinski definition) is 1. The first kappa shape index (κ1) is 13.4. The third-order valence-corrected chi connectivity index (χ3v) is 4.01. The van der Waals surface area contributed by atoms with Gasteiger partial charge in [0.15, 0.2) is 0 Å². The lowest BCUT2D eigenvalue weighted by atomic mass is 9.68. The van der Waals surface area contributed by atoms with Gasteiger partial charge in [-0.1, -0.05) is 20.8 Å². The zero-order chi connectivity index (χ0) is 13.3. The first-order valence-corrected chi connectivity index (χ1v) is 6.84. The van der Waals surface area contributed by atoms with Crippen LogP contribution in [-0.4, -0.2) is 24.5 Å². The first-order valence-electron chi connectivity index (χ1n) is 6.84. The van der Waals surface area contributed by atoms with Crippen molar-refractivity contribution in [2.24, 2.45) is 17.3 Å². The molecule has 0 aromatic rings. The minimum atomic E-state index is -0.419. The van der Waals surface area contributed by atoms with Gasteiger partial charge in [0.05, 0.1) is 6.61 Å². The van der Waals surface area contributed by atoms with E-state index in [0.29, 0.717) is 18.9 Å². The molecule has 1 aliphatic carbocycles. The summed E-state index contributed by atoms with van der Waals surface area (Å²) in [6, 6.07) is -0.419. The molecule has 1 saturated heterocycles. The second-order valence-corrected chi connectivity index (χ2v) is 6.63. The van der Waals surface area contributed by atoms with Crippen molar-refractivity contribution in [2.45, 2.75) is 52.5 Å². The summed E-state index contributed by atoms with van der Waals surface area (Å²) in [6.45, 7) is 7.06. The molecule has 18 heavy (non-hydrogen) atoms. The Morgan fingerprint density at radius 1 is 1.39 bits per heavy atom. The standard InChI is InChI=1S/C14H23NO3/c1-9-6-10(8-14(2,3)7-9)12(16)15-11-4-5-18-13(11)17/h9-11H,4-8H2,1-3H3,(H,15,16)/t9?,10?,11-/m0/s1. The van der Waals surface area contributed by atoms with E-state index in [9.17, 15) is 9.59 Å². The van der Waals surface area contributed by atoms with Crippen LogP contribution in [0, 0.1) is 17.3 Å². The van der Waals surface area contributed by atoms with Crippen LogP contribution in [0.4, 0.5) is 0 Å². The summed E-state index contributed by atoms with van der Waals surface area (Å²) in [4.78, 5) is 23.6. The highest BCUT2D eigenvalue weighted by Gasteiger charge is 2.37. The van der Waals surface area contributed by atoms with E-state index in [2.05, 4.69) is 26.1 Å². The monoisotopic (exact) mass is 253 g/mol. The van der Waals surface area contributed by atoms with E-state index in [1.807, 2.05) is 0 Å². The average molecular weight is 253 g/mol. The van der Waals surface area contributed by atoms with Gasteiger partial charge in [-0.3, -0.25) is 4.79 Å². The largest absolute Gasteiger partial charge is 0.464 e. The number of carbonyl (C=O) groups excluding carboxylic acids is 2. The minimum Gasteiger partial charge on any atom is -0.464 e. The van der Waals surface area contributed by atoms with E-state index in [1.165, 1.54) is 6.42 Å². The molecule has 2 aliphatic rings. The Labute approximate surface area is 108 Å². The maximum atomic E-state index is 12.2. The van der Waals surface area contributed by atoms with Gasteiger partial charge in [0.25, 0.3) is 0 Å². The SMILES string of the molecule is CC1CC(C(=O)N[C@H]2CCOC2=O)CC(C)(C)C1. The van der Waals surface area contributed by atoms with Crippen LogP contribution in [-0.2, 0) is 14.3 Å². The highest BCUT2D eigenvalue weighted by molar-refractivity contribution is 5.86. The van der Waals surface area contributed by atoms with Crippen molar-refractivity contribution < 1.29 is 14.3 Å². The van der Waals surface area contributed by atoms with Gasteiger partial charge >= 0.3 is 5.97 Å². The van der Waals surface area contributed by atoms with Gasteiger partial charge in [-0.15, -0.1) is 0 Å². The summed E-state index contributed by atoms with van der Waals surface area (Å²) >= 11 is 0. The van der Waals surface area contributed by atoms with Crippen LogP contribution in [0.25, 0.3) is 0 Å². The number of hydrogen-bond acceptors (Lipinski definition) is 3. The molecule has 1 saturated carbocycles. The van der Waals surface area contributed by atoms with E-state index in [-0.39, 0.29) is 23.2 Å². The van der Waals surface area contributed by atoms with E-state index in [4.69, 9.17) is 4.74 Å². The average Bonchev–Trinajstić information content (AvgIpc) is 2.61. The number of rotatable bonds is 2. The molecule has 1 aliphatic heterocycles. The Morgan fingerprint density at radius 2 is 2.11 bits per heavy atom. The summed E-state index contributed by atoms with van der Waals surface area (Å²) in [5.41, 5.74) is 0.218. The molecular formula is C14H23NO3. The second-order valence-electron chi connectivity index (χ2n) is 6.63. The molecule has 2 fully saturated rings. The molecule has 0 bridgehead atoms. The predicted octanol–water partition coefficient (Wildman–Crippen LogP) is 1.88. The molecule has 0 spiro atoms. The van der Waals surface area contributed by atoms with Crippen LogP contribution in [0.1, 0.15) is 46.5 Å². The lowest BCUT2D eigenvalue weighted by Gasteiger charge is -2.38. The van der Waals surface area contributed by atoms with Crippen molar-refractivity contribution in [1.29, 1.82) is 0 Å². The van der Waals surface area contributed by atoms with Gasteiger partial charge < -0.3 is 10.1 Å². The first-order chi connectivity index (χ1) is 8.37. The molecule has 0 radical (unpaired) electrons. The van der Waals surface area contributed by atoms with E-state index in [0.717, 1.165) is 12.8 Å². The van der Waals surface area contributed by atoms with Crippen LogP contribution in [0.5, 0.6) is 0 Å². The lowest BCUT2D eigenvalue weighted by molar-refractivity contribution is -0.142. The number of carbonyl (C=O) groups is 2. The topological polar surface area (TPSA) is 55.4 Å². The molecule has 1 N–H and O–H groups in total. The zero-order valence-electron chi connectivity index (χ0n) is 11.5. The van der Waals surface area contributed by atoms with Crippen molar-refractivity contribution in [3.8, 4) is 0 Å². The smallest absolute Gasteiger partial charge is 0.328 e. The lowest BCUT2D eigenvalue weighted by Crippen LogP contribution is -2.44. The Kier molecular flexibility index (Phi) is 3.64. The molecule has 0 aromatic heterocycles. The molecule has 4 nitrogen and oxygen atoms in total. The third kappa shape index (κ3) is 3.03. The Hall–Kier alpha value is -1.06. The van der Waals surface area contributed by atoms with Crippen LogP contribution >= 0.6 is 0 Å². The molecule has 1 amide bonds. The van der Waals surface area contributed by atoms with Crippen molar-refractivity contribution in [3.63, 3.8) is 0 Å². The van der Waals surface area contributed by atoms with Crippen LogP contribution in [0.3, 0.4) is 0 Å². The summed E-state index contributed by atoms with van der Waals surface area (Å²) in [7, 11) is 0. The second kappa shape index (κ2) is 4.90. The normalized spacial score (nSPS) is 35.1. The van der Waals surface area contributed by atoms with Crippen molar-refractivity contribution in [1.82, 2.24) is 5.32 Å². The number of cyclic esters (lactones) is 1.